The van der Waals surface area contributed by atoms with E-state index in [1.807, 2.05) is 24.3 Å². The number of nitrogens with one attached hydrogen (secondary N) is 3. The molecule has 0 saturated carbocycles. The highest BCUT2D eigenvalue weighted by atomic mass is 35.5. The molecule has 1 aliphatic heterocycles. The second kappa shape index (κ2) is 10.1. The van der Waals surface area contributed by atoms with E-state index in [4.69, 9.17) is 0 Å². The molecule has 0 bridgehead atoms. The van der Waals surface area contributed by atoms with Gasteiger partial charge >= 0.3 is 0 Å². The van der Waals surface area contributed by atoms with Gasteiger partial charge in [0.15, 0.2) is 0 Å². The van der Waals surface area contributed by atoms with Crippen LogP contribution in [0.15, 0.2) is 24.3 Å². The van der Waals surface area contributed by atoms with Crippen LogP contribution in [0.4, 0.5) is 0 Å². The first-order valence-corrected chi connectivity index (χ1v) is 9.12. The fraction of sp³-hybridized carbons (Fsp3) is 0.500. The lowest BCUT2D eigenvalue weighted by Crippen LogP contribution is -2.35. The van der Waals surface area contributed by atoms with E-state index in [0.717, 1.165) is 48.5 Å². The number of benzene rings is 1. The predicted octanol–water partition coefficient (Wildman–Crippen LogP) is 2.93. The molecule has 1 aliphatic rings. The Morgan fingerprint density at radius 1 is 1.42 bits per heavy atom. The third kappa shape index (κ3) is 5.02. The van der Waals surface area contributed by atoms with E-state index < -0.39 is 0 Å². The number of para-hydroxylation sites is 2. The highest BCUT2D eigenvalue weighted by Crippen LogP contribution is 2.21. The van der Waals surface area contributed by atoms with E-state index in [2.05, 4.69) is 26.9 Å². The number of carbonyl (C=O) groups excluding carboxylic acids is 1. The summed E-state index contributed by atoms with van der Waals surface area (Å²) in [5, 5.41) is 6.43. The second-order valence-electron chi connectivity index (χ2n) is 5.67. The highest BCUT2D eigenvalue weighted by molar-refractivity contribution is 7.98. The molecule has 0 spiro atoms. The van der Waals surface area contributed by atoms with Crippen molar-refractivity contribution in [1.82, 2.24) is 20.6 Å². The molecule has 1 aromatic carbocycles. The number of rotatable bonds is 6. The molecule has 8 heteroatoms. The number of nitrogens with zero attached hydrogens (tertiary/aromatic N) is 1. The van der Waals surface area contributed by atoms with Gasteiger partial charge in [-0.3, -0.25) is 4.79 Å². The predicted molar refractivity (Wildman–Crippen MR) is 105 cm³/mol. The summed E-state index contributed by atoms with van der Waals surface area (Å²) in [4.78, 5) is 20.4. The first kappa shape index (κ1) is 21.1. The van der Waals surface area contributed by atoms with Crippen LogP contribution in [0.3, 0.4) is 0 Å². The van der Waals surface area contributed by atoms with Crippen LogP contribution in [0.5, 0.6) is 0 Å². The van der Waals surface area contributed by atoms with Crippen LogP contribution in [0.1, 0.15) is 24.7 Å². The van der Waals surface area contributed by atoms with Gasteiger partial charge in [-0.1, -0.05) is 12.1 Å². The molecule has 2 unspecified atom stereocenters. The van der Waals surface area contributed by atoms with Crippen molar-refractivity contribution >= 4 is 53.5 Å². The Kier molecular flexibility index (Phi) is 8.91. The lowest BCUT2D eigenvalue weighted by atomic mass is 10.1. The molecular weight excluding hydrogens is 367 g/mol. The van der Waals surface area contributed by atoms with Crippen LogP contribution >= 0.6 is 36.6 Å². The van der Waals surface area contributed by atoms with E-state index >= 15 is 0 Å². The molecular formula is C16H24Cl2N4OS. The maximum Gasteiger partial charge on any atom is 0.225 e. The van der Waals surface area contributed by atoms with Gasteiger partial charge < -0.3 is 15.6 Å². The number of carbonyl (C=O) groups is 1. The lowest BCUT2D eigenvalue weighted by Gasteiger charge is -2.18. The SMILES string of the molecule is CSCCC(NC(=O)C1CCNC1)c1nc2ccccc2[nH]1.Cl.Cl. The van der Waals surface area contributed by atoms with Crippen LogP contribution in [-0.4, -0.2) is 41.0 Å². The molecule has 5 nitrogen and oxygen atoms in total. The Hall–Kier alpha value is -0.950. The molecule has 0 radical (unpaired) electrons. The summed E-state index contributed by atoms with van der Waals surface area (Å²) in [5.41, 5.74) is 1.96. The molecule has 134 valence electrons. The van der Waals surface area contributed by atoms with Gasteiger partial charge in [0.2, 0.25) is 5.91 Å². The minimum absolute atomic E-state index is 0. The molecule has 24 heavy (non-hydrogen) atoms. The summed E-state index contributed by atoms with van der Waals surface area (Å²) in [6, 6.07) is 7.92. The number of hydrogen-bond donors (Lipinski definition) is 3. The number of thioether (sulfide) groups is 1. The molecule has 1 saturated heterocycles. The van der Waals surface area contributed by atoms with Gasteiger partial charge in [0, 0.05) is 6.54 Å². The normalized spacial score (nSPS) is 17.8. The fourth-order valence-corrected chi connectivity index (χ4v) is 3.29. The number of amides is 1. The first-order chi connectivity index (χ1) is 10.8. The highest BCUT2D eigenvalue weighted by Gasteiger charge is 2.26. The summed E-state index contributed by atoms with van der Waals surface area (Å²) >= 11 is 1.79. The number of halogens is 2. The van der Waals surface area contributed by atoms with Gasteiger partial charge in [-0.2, -0.15) is 11.8 Å². The smallest absolute Gasteiger partial charge is 0.225 e. The monoisotopic (exact) mass is 390 g/mol. The van der Waals surface area contributed by atoms with E-state index in [9.17, 15) is 4.79 Å². The maximum absolute atomic E-state index is 12.4. The zero-order valence-corrected chi connectivity index (χ0v) is 16.0. The van der Waals surface area contributed by atoms with Crippen LogP contribution in [0.2, 0.25) is 0 Å². The molecule has 3 N–H and O–H groups in total. The zero-order valence-electron chi connectivity index (χ0n) is 13.6. The van der Waals surface area contributed by atoms with E-state index in [1.165, 1.54) is 0 Å². The van der Waals surface area contributed by atoms with Crippen molar-refractivity contribution < 1.29 is 4.79 Å². The van der Waals surface area contributed by atoms with Gasteiger partial charge in [0.05, 0.1) is 23.0 Å². The summed E-state index contributed by atoms with van der Waals surface area (Å²) in [6.07, 6.45) is 3.88. The van der Waals surface area contributed by atoms with Crippen molar-refractivity contribution in [2.24, 2.45) is 5.92 Å². The Bertz CT molecular complexity index is 613. The third-order valence-corrected chi connectivity index (χ3v) is 4.74. The molecule has 1 fully saturated rings. The molecule has 2 heterocycles. The van der Waals surface area contributed by atoms with Gasteiger partial charge in [0.1, 0.15) is 5.82 Å². The maximum atomic E-state index is 12.4. The average Bonchev–Trinajstić information content (AvgIpc) is 3.19. The van der Waals surface area contributed by atoms with Crippen LogP contribution in [-0.2, 0) is 4.79 Å². The molecule has 1 amide bonds. The Balaban J connectivity index is 0.00000144. The third-order valence-electron chi connectivity index (χ3n) is 4.10. The summed E-state index contributed by atoms with van der Waals surface area (Å²) < 4.78 is 0. The number of H-pyrrole nitrogens is 1. The summed E-state index contributed by atoms with van der Waals surface area (Å²) in [5.74, 6) is 2.07. The second-order valence-corrected chi connectivity index (χ2v) is 6.66. The van der Waals surface area contributed by atoms with E-state index in [1.54, 1.807) is 11.8 Å². The fourth-order valence-electron chi connectivity index (χ4n) is 2.82. The zero-order chi connectivity index (χ0) is 15.4. The topological polar surface area (TPSA) is 69.8 Å². The largest absolute Gasteiger partial charge is 0.346 e. The van der Waals surface area contributed by atoms with E-state index in [-0.39, 0.29) is 42.7 Å². The number of aromatic amines is 1. The number of aromatic nitrogens is 2. The molecule has 2 atom stereocenters. The minimum Gasteiger partial charge on any atom is -0.346 e. The van der Waals surface area contributed by atoms with Crippen molar-refractivity contribution in [1.29, 1.82) is 0 Å². The van der Waals surface area contributed by atoms with Gasteiger partial charge in [-0.25, -0.2) is 4.98 Å². The minimum atomic E-state index is -0.0482. The molecule has 0 aliphatic carbocycles. The van der Waals surface area contributed by atoms with Crippen LogP contribution in [0.25, 0.3) is 11.0 Å². The number of fused-ring (bicyclic) bond motifs is 1. The molecule has 1 aromatic heterocycles. The van der Waals surface area contributed by atoms with E-state index in [0.29, 0.717) is 0 Å². The Morgan fingerprint density at radius 3 is 2.88 bits per heavy atom. The van der Waals surface area contributed by atoms with Crippen molar-refractivity contribution in [2.45, 2.75) is 18.9 Å². The standard InChI is InChI=1S/C16H22N4OS.2ClH/c1-22-9-7-14(20-16(21)11-6-8-17-10-11)15-18-12-4-2-3-5-13(12)19-15;;/h2-5,11,14,17H,6-10H2,1H3,(H,18,19)(H,20,21);2*1H. The van der Waals surface area contributed by atoms with Crippen LogP contribution < -0.4 is 10.6 Å². The average molecular weight is 391 g/mol. The Labute approximate surface area is 159 Å². The van der Waals surface area contributed by atoms with Gasteiger partial charge in [-0.05, 0) is 43.5 Å². The quantitative estimate of drug-likeness (QED) is 0.708. The van der Waals surface area contributed by atoms with Gasteiger partial charge in [0.25, 0.3) is 0 Å². The summed E-state index contributed by atoms with van der Waals surface area (Å²) in [7, 11) is 0. The summed E-state index contributed by atoms with van der Waals surface area (Å²) in [6.45, 7) is 1.71. The lowest BCUT2D eigenvalue weighted by molar-refractivity contribution is -0.125. The van der Waals surface area contributed by atoms with Crippen molar-refractivity contribution in [2.75, 3.05) is 25.1 Å². The van der Waals surface area contributed by atoms with Crippen molar-refractivity contribution in [3.05, 3.63) is 30.1 Å². The molecule has 3 rings (SSSR count). The van der Waals surface area contributed by atoms with Crippen LogP contribution in [0, 0.1) is 5.92 Å². The Morgan fingerprint density at radius 2 is 2.21 bits per heavy atom. The van der Waals surface area contributed by atoms with Crippen molar-refractivity contribution in [3.63, 3.8) is 0 Å². The number of hydrogen-bond acceptors (Lipinski definition) is 4. The van der Waals surface area contributed by atoms with Gasteiger partial charge in [-0.15, -0.1) is 24.8 Å². The van der Waals surface area contributed by atoms with Crippen molar-refractivity contribution in [3.8, 4) is 0 Å². The first-order valence-electron chi connectivity index (χ1n) is 7.72. The number of imidazole rings is 1. The molecule has 2 aromatic rings.